The van der Waals surface area contributed by atoms with Gasteiger partial charge in [-0.25, -0.2) is 4.68 Å². The molecule has 1 heterocycles. The van der Waals surface area contributed by atoms with E-state index < -0.39 is 5.97 Å². The van der Waals surface area contributed by atoms with E-state index in [0.717, 1.165) is 42.3 Å². The SMILES string of the molecule is Nn1c(SCC(=O)O)nnc1C1CC2CC2C1. The van der Waals surface area contributed by atoms with Crippen molar-refractivity contribution >= 4 is 17.7 Å². The second kappa shape index (κ2) is 3.90. The summed E-state index contributed by atoms with van der Waals surface area (Å²) in [6.07, 6.45) is 3.67. The summed E-state index contributed by atoms with van der Waals surface area (Å²) in [7, 11) is 0. The molecule has 17 heavy (non-hydrogen) atoms. The molecule has 0 saturated heterocycles. The van der Waals surface area contributed by atoms with Crippen molar-refractivity contribution in [3.63, 3.8) is 0 Å². The Morgan fingerprint density at radius 3 is 2.76 bits per heavy atom. The largest absolute Gasteiger partial charge is 0.481 e. The second-order valence-corrected chi connectivity index (χ2v) is 5.76. The maximum Gasteiger partial charge on any atom is 0.313 e. The van der Waals surface area contributed by atoms with Crippen LogP contribution in [0.5, 0.6) is 0 Å². The molecule has 1 aromatic rings. The van der Waals surface area contributed by atoms with E-state index in [4.69, 9.17) is 10.9 Å². The second-order valence-electron chi connectivity index (χ2n) is 4.82. The Hall–Kier alpha value is -1.24. The summed E-state index contributed by atoms with van der Waals surface area (Å²) in [5.41, 5.74) is 0. The van der Waals surface area contributed by atoms with E-state index in [9.17, 15) is 4.79 Å². The molecule has 92 valence electrons. The summed E-state index contributed by atoms with van der Waals surface area (Å²) in [5.74, 6) is 7.96. The minimum Gasteiger partial charge on any atom is -0.481 e. The number of aliphatic carboxylic acids is 1. The van der Waals surface area contributed by atoms with Crippen molar-refractivity contribution in [3.8, 4) is 0 Å². The molecule has 2 atom stereocenters. The third kappa shape index (κ3) is 1.99. The number of thioether (sulfide) groups is 1. The number of hydrogen-bond donors (Lipinski definition) is 2. The number of nitrogen functional groups attached to an aromatic ring is 1. The fraction of sp³-hybridized carbons (Fsp3) is 0.700. The number of hydrogen-bond acceptors (Lipinski definition) is 5. The molecule has 0 radical (unpaired) electrons. The number of carboxylic acids is 1. The molecule has 0 aliphatic heterocycles. The Labute approximate surface area is 103 Å². The van der Waals surface area contributed by atoms with Gasteiger partial charge in [0.05, 0.1) is 5.75 Å². The summed E-state index contributed by atoms with van der Waals surface area (Å²) in [6.45, 7) is 0. The standard InChI is InChI=1S/C10H14N4O2S/c11-14-9(7-2-5-1-6(5)3-7)12-13-10(14)17-4-8(15)16/h5-7H,1-4,11H2,(H,15,16). The third-order valence-corrected chi connectivity index (χ3v) is 4.55. The smallest absolute Gasteiger partial charge is 0.313 e. The van der Waals surface area contributed by atoms with E-state index in [2.05, 4.69) is 10.2 Å². The van der Waals surface area contributed by atoms with Gasteiger partial charge in [0.1, 0.15) is 0 Å². The molecule has 0 aromatic carbocycles. The normalized spacial score (nSPS) is 30.2. The van der Waals surface area contributed by atoms with Gasteiger partial charge in [-0.3, -0.25) is 4.79 Å². The van der Waals surface area contributed by atoms with Crippen molar-refractivity contribution in [2.24, 2.45) is 11.8 Å². The van der Waals surface area contributed by atoms with E-state index in [1.54, 1.807) is 0 Å². The predicted octanol–water partition coefficient (Wildman–Crippen LogP) is 0.682. The quantitative estimate of drug-likeness (QED) is 0.606. The van der Waals surface area contributed by atoms with Crippen LogP contribution in [0.3, 0.4) is 0 Å². The van der Waals surface area contributed by atoms with E-state index in [0.29, 0.717) is 11.1 Å². The van der Waals surface area contributed by atoms with Crippen LogP contribution >= 0.6 is 11.8 Å². The Balaban J connectivity index is 1.71. The summed E-state index contributed by atoms with van der Waals surface area (Å²) < 4.78 is 1.46. The number of aromatic nitrogens is 3. The third-order valence-electron chi connectivity index (χ3n) is 3.62. The number of fused-ring (bicyclic) bond motifs is 1. The fourth-order valence-corrected chi connectivity index (χ4v) is 3.30. The van der Waals surface area contributed by atoms with Gasteiger partial charge in [-0.1, -0.05) is 11.8 Å². The van der Waals surface area contributed by atoms with Crippen molar-refractivity contribution in [1.82, 2.24) is 14.9 Å². The van der Waals surface area contributed by atoms with E-state index in [-0.39, 0.29) is 5.75 Å². The zero-order chi connectivity index (χ0) is 12.0. The van der Waals surface area contributed by atoms with Crippen molar-refractivity contribution in [2.45, 2.75) is 30.3 Å². The van der Waals surface area contributed by atoms with Crippen LogP contribution in [0.2, 0.25) is 0 Å². The highest BCUT2D eigenvalue weighted by Gasteiger charge is 2.47. The van der Waals surface area contributed by atoms with Gasteiger partial charge in [-0.2, -0.15) is 0 Å². The van der Waals surface area contributed by atoms with Crippen LogP contribution in [-0.2, 0) is 4.79 Å². The summed E-state index contributed by atoms with van der Waals surface area (Å²) >= 11 is 1.11. The fourth-order valence-electron chi connectivity index (χ4n) is 2.72. The molecule has 2 aliphatic carbocycles. The van der Waals surface area contributed by atoms with E-state index in [1.807, 2.05) is 0 Å². The maximum absolute atomic E-state index is 10.5. The van der Waals surface area contributed by atoms with Crippen molar-refractivity contribution in [1.29, 1.82) is 0 Å². The molecule has 0 spiro atoms. The lowest BCUT2D eigenvalue weighted by Crippen LogP contribution is -2.17. The molecular weight excluding hydrogens is 240 g/mol. The Morgan fingerprint density at radius 1 is 1.41 bits per heavy atom. The molecule has 2 unspecified atom stereocenters. The molecule has 3 rings (SSSR count). The molecule has 1 aromatic heterocycles. The average molecular weight is 254 g/mol. The molecule has 0 bridgehead atoms. The highest BCUT2D eigenvalue weighted by Crippen LogP contribution is 2.57. The van der Waals surface area contributed by atoms with Gasteiger partial charge >= 0.3 is 5.97 Å². The van der Waals surface area contributed by atoms with Crippen LogP contribution in [-0.4, -0.2) is 31.7 Å². The van der Waals surface area contributed by atoms with Crippen molar-refractivity contribution < 1.29 is 9.90 Å². The van der Waals surface area contributed by atoms with Gasteiger partial charge < -0.3 is 10.9 Å². The molecule has 0 amide bonds. The monoisotopic (exact) mass is 254 g/mol. The summed E-state index contributed by atoms with van der Waals surface area (Å²) in [6, 6.07) is 0. The lowest BCUT2D eigenvalue weighted by molar-refractivity contribution is -0.133. The Kier molecular flexibility index (Phi) is 2.50. The summed E-state index contributed by atoms with van der Waals surface area (Å²) in [4.78, 5) is 10.5. The van der Waals surface area contributed by atoms with Crippen LogP contribution in [0.15, 0.2) is 5.16 Å². The van der Waals surface area contributed by atoms with E-state index >= 15 is 0 Å². The molecule has 3 N–H and O–H groups in total. The molecular formula is C10H14N4O2S. The highest BCUT2D eigenvalue weighted by atomic mass is 32.2. The van der Waals surface area contributed by atoms with Crippen LogP contribution < -0.4 is 5.84 Å². The van der Waals surface area contributed by atoms with Gasteiger partial charge in [0.2, 0.25) is 5.16 Å². The maximum atomic E-state index is 10.5. The Bertz CT molecular complexity index is 451. The molecule has 2 aliphatic rings. The Morgan fingerprint density at radius 2 is 2.12 bits per heavy atom. The first-order valence-corrected chi connectivity index (χ1v) is 6.68. The number of carbonyl (C=O) groups is 1. The lowest BCUT2D eigenvalue weighted by atomic mass is 10.0. The highest BCUT2D eigenvalue weighted by molar-refractivity contribution is 7.99. The van der Waals surface area contributed by atoms with Crippen LogP contribution in [0.1, 0.15) is 31.0 Å². The molecule has 7 heteroatoms. The number of nitrogens with two attached hydrogens (primary N) is 1. The minimum absolute atomic E-state index is 0.0365. The molecule has 6 nitrogen and oxygen atoms in total. The number of carboxylic acid groups (broad SMARTS) is 1. The van der Waals surface area contributed by atoms with Crippen molar-refractivity contribution in [3.05, 3.63) is 5.82 Å². The lowest BCUT2D eigenvalue weighted by Gasteiger charge is -2.10. The van der Waals surface area contributed by atoms with Gasteiger partial charge in [-0.15, -0.1) is 10.2 Å². The molecule has 2 fully saturated rings. The average Bonchev–Trinajstić information content (AvgIpc) is 2.73. The van der Waals surface area contributed by atoms with Gasteiger partial charge in [-0.05, 0) is 31.1 Å². The van der Waals surface area contributed by atoms with Gasteiger partial charge in [0.25, 0.3) is 0 Å². The topological polar surface area (TPSA) is 94.0 Å². The van der Waals surface area contributed by atoms with E-state index in [1.165, 1.54) is 11.1 Å². The predicted molar refractivity (Wildman–Crippen MR) is 62.1 cm³/mol. The number of rotatable bonds is 4. The van der Waals surface area contributed by atoms with Crippen LogP contribution in [0.4, 0.5) is 0 Å². The minimum atomic E-state index is -0.873. The molecule has 2 saturated carbocycles. The van der Waals surface area contributed by atoms with Crippen LogP contribution in [0, 0.1) is 11.8 Å². The van der Waals surface area contributed by atoms with Crippen molar-refractivity contribution in [2.75, 3.05) is 11.6 Å². The van der Waals surface area contributed by atoms with Gasteiger partial charge in [0.15, 0.2) is 5.82 Å². The van der Waals surface area contributed by atoms with Gasteiger partial charge in [0, 0.05) is 5.92 Å². The first-order chi connectivity index (χ1) is 8.15. The first kappa shape index (κ1) is 10.9. The van der Waals surface area contributed by atoms with Crippen LogP contribution in [0.25, 0.3) is 0 Å². The zero-order valence-corrected chi connectivity index (χ0v) is 10.1. The number of nitrogens with zero attached hydrogens (tertiary/aromatic N) is 3. The first-order valence-electron chi connectivity index (χ1n) is 5.70. The summed E-state index contributed by atoms with van der Waals surface area (Å²) in [5, 5.41) is 17.2. The zero-order valence-electron chi connectivity index (χ0n) is 9.24.